The van der Waals surface area contributed by atoms with Gasteiger partial charge in [0.25, 0.3) is 0 Å². The van der Waals surface area contributed by atoms with Crippen LogP contribution < -0.4 is 20.5 Å². The molecule has 1 aromatic heterocycles. The highest BCUT2D eigenvalue weighted by atomic mass is 19.4. The van der Waals surface area contributed by atoms with Crippen molar-refractivity contribution in [3.63, 3.8) is 0 Å². The molecule has 0 spiro atoms. The number of halogens is 3. The van der Waals surface area contributed by atoms with Crippen LogP contribution in [0.1, 0.15) is 5.69 Å². The number of nitrogens with two attached hydrogens (primary N) is 1. The molecule has 21 heavy (non-hydrogen) atoms. The molecular weight excluding hydrogens is 287 g/mol. The van der Waals surface area contributed by atoms with Gasteiger partial charge < -0.3 is 20.5 Å². The summed E-state index contributed by atoms with van der Waals surface area (Å²) >= 11 is 0. The fraction of sp³-hybridized carbons (Fsp3) is 0.154. The molecule has 8 heteroatoms. The molecule has 0 bridgehead atoms. The third-order valence-corrected chi connectivity index (χ3v) is 2.88. The second-order valence-electron chi connectivity index (χ2n) is 4.35. The molecule has 1 aromatic carbocycles. The molecule has 3 N–H and O–H groups in total. The van der Waals surface area contributed by atoms with E-state index in [-0.39, 0.29) is 18.2 Å². The fourth-order valence-corrected chi connectivity index (χ4v) is 1.86. The van der Waals surface area contributed by atoms with Crippen LogP contribution in [0.3, 0.4) is 0 Å². The molecule has 1 aliphatic rings. The van der Waals surface area contributed by atoms with E-state index in [1.807, 2.05) is 0 Å². The number of anilines is 3. The van der Waals surface area contributed by atoms with Crippen molar-refractivity contribution in [1.29, 1.82) is 0 Å². The van der Waals surface area contributed by atoms with Gasteiger partial charge in [0.1, 0.15) is 5.69 Å². The van der Waals surface area contributed by atoms with E-state index in [1.54, 1.807) is 18.2 Å². The first-order valence-corrected chi connectivity index (χ1v) is 5.93. The summed E-state index contributed by atoms with van der Waals surface area (Å²) in [4.78, 5) is 3.27. The van der Waals surface area contributed by atoms with Gasteiger partial charge in [0.2, 0.25) is 6.79 Å². The number of nitrogen functional groups attached to an aromatic ring is 1. The topological polar surface area (TPSA) is 69.4 Å². The molecule has 0 unspecified atom stereocenters. The Morgan fingerprint density at radius 2 is 1.90 bits per heavy atom. The lowest BCUT2D eigenvalue weighted by atomic mass is 10.2. The van der Waals surface area contributed by atoms with Crippen molar-refractivity contribution >= 4 is 17.1 Å². The van der Waals surface area contributed by atoms with Crippen molar-refractivity contribution in [2.75, 3.05) is 17.8 Å². The van der Waals surface area contributed by atoms with Gasteiger partial charge in [-0.15, -0.1) is 0 Å². The Labute approximate surface area is 117 Å². The summed E-state index contributed by atoms with van der Waals surface area (Å²) < 4.78 is 48.3. The predicted molar refractivity (Wildman–Crippen MR) is 69.5 cm³/mol. The molecule has 0 atom stereocenters. The smallest absolute Gasteiger partial charge is 0.433 e. The Morgan fingerprint density at radius 3 is 2.67 bits per heavy atom. The zero-order valence-corrected chi connectivity index (χ0v) is 10.6. The van der Waals surface area contributed by atoms with E-state index >= 15 is 0 Å². The van der Waals surface area contributed by atoms with E-state index in [0.717, 1.165) is 12.3 Å². The predicted octanol–water partition coefficient (Wildman–Crippen LogP) is 3.15. The Balaban J connectivity index is 1.91. The lowest BCUT2D eigenvalue weighted by molar-refractivity contribution is -0.141. The molecule has 2 heterocycles. The second kappa shape index (κ2) is 4.72. The van der Waals surface area contributed by atoms with Crippen LogP contribution in [0.5, 0.6) is 11.5 Å². The fourth-order valence-electron chi connectivity index (χ4n) is 1.86. The number of aromatic nitrogens is 1. The summed E-state index contributed by atoms with van der Waals surface area (Å²) in [6.45, 7) is 0.119. The molecule has 110 valence electrons. The highest BCUT2D eigenvalue weighted by Crippen LogP contribution is 2.36. The third-order valence-electron chi connectivity index (χ3n) is 2.88. The molecule has 3 rings (SSSR count). The lowest BCUT2D eigenvalue weighted by Crippen LogP contribution is -2.09. The Kier molecular flexibility index (Phi) is 3.00. The van der Waals surface area contributed by atoms with E-state index < -0.39 is 11.9 Å². The van der Waals surface area contributed by atoms with Crippen LogP contribution in [0, 0.1) is 0 Å². The molecule has 0 saturated heterocycles. The summed E-state index contributed by atoms with van der Waals surface area (Å²) in [5.41, 5.74) is 5.40. The van der Waals surface area contributed by atoms with Gasteiger partial charge in [0, 0.05) is 11.8 Å². The summed E-state index contributed by atoms with van der Waals surface area (Å²) in [6, 6.07) is 5.79. The van der Waals surface area contributed by atoms with E-state index in [1.165, 1.54) is 0 Å². The summed E-state index contributed by atoms with van der Waals surface area (Å²) in [5.74, 6) is 1.10. The van der Waals surface area contributed by atoms with Gasteiger partial charge in [-0.05, 0) is 18.2 Å². The van der Waals surface area contributed by atoms with Crippen molar-refractivity contribution < 1.29 is 22.6 Å². The molecule has 2 aromatic rings. The van der Waals surface area contributed by atoms with Crippen molar-refractivity contribution in [2.45, 2.75) is 6.18 Å². The molecular formula is C13H10F3N3O2. The SMILES string of the molecule is Nc1cnc(C(F)(F)F)cc1Nc1ccc2c(c1)OCO2. The van der Waals surface area contributed by atoms with Crippen molar-refractivity contribution in [2.24, 2.45) is 0 Å². The molecule has 0 fully saturated rings. The average molecular weight is 297 g/mol. The first kappa shape index (κ1) is 13.3. The average Bonchev–Trinajstić information content (AvgIpc) is 2.87. The number of hydrogen-bond donors (Lipinski definition) is 2. The van der Waals surface area contributed by atoms with E-state index in [9.17, 15) is 13.2 Å². The highest BCUT2D eigenvalue weighted by Gasteiger charge is 2.33. The summed E-state index contributed by atoms with van der Waals surface area (Å²) in [7, 11) is 0. The second-order valence-corrected chi connectivity index (χ2v) is 4.35. The quantitative estimate of drug-likeness (QED) is 0.891. The molecule has 0 radical (unpaired) electrons. The van der Waals surface area contributed by atoms with Crippen LogP contribution in [0.2, 0.25) is 0 Å². The maximum absolute atomic E-state index is 12.7. The largest absolute Gasteiger partial charge is 0.454 e. The number of alkyl halides is 3. The number of fused-ring (bicyclic) bond motifs is 1. The normalized spacial score (nSPS) is 13.3. The molecule has 0 aliphatic carbocycles. The first-order valence-electron chi connectivity index (χ1n) is 5.93. The van der Waals surface area contributed by atoms with Crippen molar-refractivity contribution in [3.8, 4) is 11.5 Å². The number of hydrogen-bond acceptors (Lipinski definition) is 5. The minimum Gasteiger partial charge on any atom is -0.454 e. The van der Waals surface area contributed by atoms with Gasteiger partial charge >= 0.3 is 6.18 Å². The molecule has 1 aliphatic heterocycles. The zero-order valence-electron chi connectivity index (χ0n) is 10.6. The maximum Gasteiger partial charge on any atom is 0.433 e. The van der Waals surface area contributed by atoms with Crippen LogP contribution >= 0.6 is 0 Å². The van der Waals surface area contributed by atoms with Gasteiger partial charge in [-0.2, -0.15) is 13.2 Å². The molecule has 0 saturated carbocycles. The van der Waals surface area contributed by atoms with E-state index in [2.05, 4.69) is 10.3 Å². The summed E-state index contributed by atoms with van der Waals surface area (Å²) in [6.07, 6.45) is -3.56. The monoisotopic (exact) mass is 297 g/mol. The minimum absolute atomic E-state index is 0.112. The van der Waals surface area contributed by atoms with Crippen molar-refractivity contribution in [3.05, 3.63) is 36.2 Å². The number of benzene rings is 1. The van der Waals surface area contributed by atoms with Crippen LogP contribution in [-0.4, -0.2) is 11.8 Å². The zero-order chi connectivity index (χ0) is 15.0. The van der Waals surface area contributed by atoms with Gasteiger partial charge in [0.15, 0.2) is 11.5 Å². The Morgan fingerprint density at radius 1 is 1.14 bits per heavy atom. The third kappa shape index (κ3) is 2.64. The highest BCUT2D eigenvalue weighted by molar-refractivity contribution is 5.73. The van der Waals surface area contributed by atoms with Crippen molar-refractivity contribution in [1.82, 2.24) is 4.98 Å². The van der Waals surface area contributed by atoms with Crippen LogP contribution in [0.25, 0.3) is 0 Å². The first-order chi connectivity index (χ1) is 9.93. The molecule has 0 amide bonds. The molecule has 5 nitrogen and oxygen atoms in total. The van der Waals surface area contributed by atoms with Gasteiger partial charge in [0.05, 0.1) is 17.6 Å². The van der Waals surface area contributed by atoms with E-state index in [4.69, 9.17) is 15.2 Å². The van der Waals surface area contributed by atoms with E-state index in [0.29, 0.717) is 17.2 Å². The minimum atomic E-state index is -4.53. The number of ether oxygens (including phenoxy) is 2. The lowest BCUT2D eigenvalue weighted by Gasteiger charge is -2.12. The van der Waals surface area contributed by atoms with Crippen LogP contribution in [0.4, 0.5) is 30.2 Å². The van der Waals surface area contributed by atoms with Crippen LogP contribution in [-0.2, 0) is 6.18 Å². The standard InChI is InChI=1S/C13H10F3N3O2/c14-13(15,16)12-4-9(8(17)5-18-12)19-7-1-2-10-11(3-7)21-6-20-10/h1-5H,6,17H2,(H,18,19). The number of rotatable bonds is 2. The number of pyridine rings is 1. The maximum atomic E-state index is 12.7. The Bertz CT molecular complexity index is 689. The summed E-state index contributed by atoms with van der Waals surface area (Å²) in [5, 5.41) is 2.81. The van der Waals surface area contributed by atoms with Crippen LogP contribution in [0.15, 0.2) is 30.5 Å². The van der Waals surface area contributed by atoms with Gasteiger partial charge in [-0.1, -0.05) is 0 Å². The number of nitrogens with one attached hydrogen (secondary N) is 1. The van der Waals surface area contributed by atoms with Gasteiger partial charge in [-0.25, -0.2) is 4.98 Å². The van der Waals surface area contributed by atoms with Gasteiger partial charge in [-0.3, -0.25) is 0 Å². The number of nitrogens with zero attached hydrogens (tertiary/aromatic N) is 1. The Hall–Kier alpha value is -2.64.